The molecule has 1 saturated heterocycles. The number of hydrogen-bond acceptors (Lipinski definition) is 6. The van der Waals surface area contributed by atoms with Crippen molar-refractivity contribution in [1.29, 1.82) is 0 Å². The molecule has 0 spiro atoms. The van der Waals surface area contributed by atoms with Gasteiger partial charge in [-0.05, 0) is 18.9 Å². The average molecular weight is 384 g/mol. The smallest absolute Gasteiger partial charge is 0.274 e. The van der Waals surface area contributed by atoms with Crippen molar-refractivity contribution in [1.82, 2.24) is 29.4 Å². The average Bonchev–Trinajstić information content (AvgIpc) is 3.20. The Labute approximate surface area is 159 Å². The van der Waals surface area contributed by atoms with E-state index >= 15 is 0 Å². The molecule has 0 unspecified atom stereocenters. The van der Waals surface area contributed by atoms with Crippen LogP contribution in [0, 0.1) is 0 Å². The first-order valence-corrected chi connectivity index (χ1v) is 10.1. The summed E-state index contributed by atoms with van der Waals surface area (Å²) >= 11 is 1.46. The van der Waals surface area contributed by atoms with E-state index in [1.54, 1.807) is 16.7 Å². The molecule has 2 fully saturated rings. The van der Waals surface area contributed by atoms with Crippen LogP contribution in [0.1, 0.15) is 40.6 Å². The van der Waals surface area contributed by atoms with Crippen LogP contribution < -0.4 is 5.56 Å². The van der Waals surface area contributed by atoms with Gasteiger partial charge in [-0.15, -0.1) is 11.3 Å². The van der Waals surface area contributed by atoms with Gasteiger partial charge in [-0.25, -0.2) is 4.98 Å². The van der Waals surface area contributed by atoms with Crippen molar-refractivity contribution < 1.29 is 4.79 Å². The third-order valence-electron chi connectivity index (χ3n) is 5.24. The number of H-pyrrole nitrogens is 1. The number of carbonyl (C=O) groups excluding carboxylic acids is 1. The van der Waals surface area contributed by atoms with Crippen LogP contribution in [0.2, 0.25) is 0 Å². The third kappa shape index (κ3) is 3.28. The van der Waals surface area contributed by atoms with Gasteiger partial charge in [0.05, 0.1) is 5.69 Å². The first kappa shape index (κ1) is 16.6. The van der Waals surface area contributed by atoms with Crippen molar-refractivity contribution in [2.24, 2.45) is 0 Å². The number of fused-ring (bicyclic) bond motifs is 1. The predicted octanol–water partition coefficient (Wildman–Crippen LogP) is 1.31. The van der Waals surface area contributed by atoms with Gasteiger partial charge in [0.15, 0.2) is 4.96 Å². The lowest BCUT2D eigenvalue weighted by Crippen LogP contribution is -2.48. The maximum atomic E-state index is 12.7. The normalized spacial score (nSPS) is 18.3. The van der Waals surface area contributed by atoms with Crippen molar-refractivity contribution >= 4 is 22.2 Å². The number of carbonyl (C=O) groups is 1. The van der Waals surface area contributed by atoms with Crippen LogP contribution in [0.3, 0.4) is 0 Å². The molecule has 3 aromatic heterocycles. The highest BCUT2D eigenvalue weighted by atomic mass is 32.1. The maximum absolute atomic E-state index is 12.7. The van der Waals surface area contributed by atoms with Gasteiger partial charge in [0.25, 0.3) is 11.5 Å². The molecule has 1 saturated carbocycles. The molecule has 5 rings (SSSR count). The summed E-state index contributed by atoms with van der Waals surface area (Å²) in [6.07, 6.45) is 4.11. The number of aromatic nitrogens is 4. The van der Waals surface area contributed by atoms with Crippen LogP contribution in [-0.4, -0.2) is 61.5 Å². The molecule has 8 nitrogen and oxygen atoms in total. The minimum atomic E-state index is -0.0462. The molecule has 9 heteroatoms. The molecule has 1 aliphatic carbocycles. The Morgan fingerprint density at radius 3 is 2.81 bits per heavy atom. The summed E-state index contributed by atoms with van der Waals surface area (Å²) < 4.78 is 1.56. The van der Waals surface area contributed by atoms with Crippen molar-refractivity contribution in [2.75, 3.05) is 26.2 Å². The van der Waals surface area contributed by atoms with Crippen molar-refractivity contribution in [3.63, 3.8) is 0 Å². The van der Waals surface area contributed by atoms with Crippen molar-refractivity contribution in [2.45, 2.75) is 25.3 Å². The highest BCUT2D eigenvalue weighted by Gasteiger charge is 2.28. The standard InChI is InChI=1S/C18H20N6O2S/c25-16-9-13(19-18-24(16)7-8-27-18)11-22-3-5-23(6-4-22)17(26)15-10-14(20-21-15)12-1-2-12/h7-10,12H,1-6,11H2,(H,20,21). The lowest BCUT2D eigenvalue weighted by molar-refractivity contribution is 0.0621. The summed E-state index contributed by atoms with van der Waals surface area (Å²) in [6.45, 7) is 3.46. The number of piperazine rings is 1. The van der Waals surface area contributed by atoms with Crippen LogP contribution in [0.4, 0.5) is 0 Å². The number of nitrogens with one attached hydrogen (secondary N) is 1. The molecule has 27 heavy (non-hydrogen) atoms. The molecule has 0 radical (unpaired) electrons. The fourth-order valence-corrected chi connectivity index (χ4v) is 4.26. The number of hydrogen-bond donors (Lipinski definition) is 1. The maximum Gasteiger partial charge on any atom is 0.274 e. The van der Waals surface area contributed by atoms with Gasteiger partial charge in [-0.2, -0.15) is 5.10 Å². The van der Waals surface area contributed by atoms with Gasteiger partial charge in [-0.3, -0.25) is 24.0 Å². The molecule has 2 aliphatic rings. The third-order valence-corrected chi connectivity index (χ3v) is 5.99. The minimum Gasteiger partial charge on any atom is -0.335 e. The molecule has 1 amide bonds. The van der Waals surface area contributed by atoms with Crippen molar-refractivity contribution in [3.05, 3.63) is 51.1 Å². The molecule has 0 atom stereocenters. The Hall–Kier alpha value is -2.52. The fourth-order valence-electron chi connectivity index (χ4n) is 3.52. The number of aromatic amines is 1. The van der Waals surface area contributed by atoms with Crippen LogP contribution in [-0.2, 0) is 6.54 Å². The largest absolute Gasteiger partial charge is 0.335 e. The number of nitrogens with zero attached hydrogens (tertiary/aromatic N) is 5. The Balaban J connectivity index is 1.21. The Morgan fingerprint density at radius 1 is 1.22 bits per heavy atom. The fraction of sp³-hybridized carbons (Fsp3) is 0.444. The second-order valence-electron chi connectivity index (χ2n) is 7.19. The summed E-state index contributed by atoms with van der Waals surface area (Å²) in [5.74, 6) is 0.558. The first-order chi connectivity index (χ1) is 13.2. The lowest BCUT2D eigenvalue weighted by Gasteiger charge is -2.34. The molecule has 4 heterocycles. The van der Waals surface area contributed by atoms with E-state index in [4.69, 9.17) is 0 Å². The minimum absolute atomic E-state index is 0.00539. The molecular formula is C18H20N6O2S. The predicted molar refractivity (Wildman–Crippen MR) is 101 cm³/mol. The molecule has 0 bridgehead atoms. The zero-order valence-electron chi connectivity index (χ0n) is 14.8. The molecular weight excluding hydrogens is 364 g/mol. The summed E-state index contributed by atoms with van der Waals surface area (Å²) in [7, 11) is 0. The number of rotatable bonds is 4. The van der Waals surface area contributed by atoms with E-state index in [2.05, 4.69) is 20.1 Å². The molecule has 3 aromatic rings. The van der Waals surface area contributed by atoms with Gasteiger partial charge < -0.3 is 4.90 Å². The molecule has 1 aliphatic heterocycles. The summed E-state index contributed by atoms with van der Waals surface area (Å²) in [4.78, 5) is 34.1. The van der Waals surface area contributed by atoms with Gasteiger partial charge in [0.2, 0.25) is 0 Å². The van der Waals surface area contributed by atoms with Gasteiger partial charge in [-0.1, -0.05) is 0 Å². The highest BCUT2D eigenvalue weighted by Crippen LogP contribution is 2.39. The van der Waals surface area contributed by atoms with E-state index in [0.717, 1.165) is 29.4 Å². The summed E-state index contributed by atoms with van der Waals surface area (Å²) in [5.41, 5.74) is 2.33. The zero-order chi connectivity index (χ0) is 18.4. The molecule has 0 aromatic carbocycles. The van der Waals surface area contributed by atoms with Gasteiger partial charge in [0.1, 0.15) is 5.69 Å². The second kappa shape index (κ2) is 6.58. The Kier molecular flexibility index (Phi) is 4.05. The summed E-state index contributed by atoms with van der Waals surface area (Å²) in [6, 6.07) is 3.50. The monoisotopic (exact) mass is 384 g/mol. The highest BCUT2D eigenvalue weighted by molar-refractivity contribution is 7.15. The topological polar surface area (TPSA) is 86.6 Å². The van der Waals surface area contributed by atoms with Crippen LogP contribution in [0.25, 0.3) is 4.96 Å². The van der Waals surface area contributed by atoms with E-state index in [1.165, 1.54) is 24.2 Å². The van der Waals surface area contributed by atoms with Crippen LogP contribution >= 0.6 is 11.3 Å². The van der Waals surface area contributed by atoms with E-state index in [0.29, 0.717) is 31.2 Å². The first-order valence-electron chi connectivity index (χ1n) is 9.20. The number of amides is 1. The van der Waals surface area contributed by atoms with E-state index < -0.39 is 0 Å². The molecule has 1 N–H and O–H groups in total. The van der Waals surface area contributed by atoms with E-state index in [9.17, 15) is 9.59 Å². The summed E-state index contributed by atoms with van der Waals surface area (Å²) in [5, 5.41) is 9.06. The lowest BCUT2D eigenvalue weighted by atomic mass is 10.2. The van der Waals surface area contributed by atoms with E-state index in [-0.39, 0.29) is 11.5 Å². The van der Waals surface area contributed by atoms with Crippen LogP contribution in [0.15, 0.2) is 28.5 Å². The second-order valence-corrected chi connectivity index (χ2v) is 8.07. The van der Waals surface area contributed by atoms with Crippen LogP contribution in [0.5, 0.6) is 0 Å². The zero-order valence-corrected chi connectivity index (χ0v) is 15.6. The Bertz CT molecular complexity index is 1040. The van der Waals surface area contributed by atoms with E-state index in [1.807, 2.05) is 16.3 Å². The van der Waals surface area contributed by atoms with Crippen molar-refractivity contribution in [3.8, 4) is 0 Å². The number of thiazole rings is 1. The molecule has 140 valence electrons. The van der Waals surface area contributed by atoms with Gasteiger partial charge in [0, 0.05) is 62.0 Å². The Morgan fingerprint density at radius 2 is 2.04 bits per heavy atom. The SMILES string of the molecule is O=C(c1cc(C2CC2)[nH]n1)N1CCN(Cc2cc(=O)n3ccsc3n2)CC1. The van der Waals surface area contributed by atoms with Gasteiger partial charge >= 0.3 is 0 Å². The quantitative estimate of drug-likeness (QED) is 0.733.